The first kappa shape index (κ1) is 16.9. The summed E-state index contributed by atoms with van der Waals surface area (Å²) in [7, 11) is 0. The lowest BCUT2D eigenvalue weighted by Crippen LogP contribution is -2.45. The van der Waals surface area contributed by atoms with E-state index < -0.39 is 0 Å². The summed E-state index contributed by atoms with van der Waals surface area (Å²) in [6.07, 6.45) is 0. The first-order valence-electron chi connectivity index (χ1n) is 7.89. The average Bonchev–Trinajstić information content (AvgIpc) is 3.20. The van der Waals surface area contributed by atoms with Crippen molar-refractivity contribution in [2.75, 3.05) is 5.75 Å². The second kappa shape index (κ2) is 6.97. The highest BCUT2D eigenvalue weighted by Crippen LogP contribution is 2.40. The van der Waals surface area contributed by atoms with Crippen LogP contribution in [0.5, 0.6) is 0 Å². The summed E-state index contributed by atoms with van der Waals surface area (Å²) in [5.41, 5.74) is 4.94. The van der Waals surface area contributed by atoms with Gasteiger partial charge in [-0.3, -0.25) is 15.0 Å². The number of carbonyl (C=O) groups is 2. The molecular weight excluding hydrogens is 374 g/mol. The Bertz CT molecular complexity index is 992. The van der Waals surface area contributed by atoms with Crippen molar-refractivity contribution >= 4 is 46.2 Å². The molecule has 9 heteroatoms. The monoisotopic (exact) mass is 387 g/mol. The molecule has 4 rings (SSSR count). The fourth-order valence-electron chi connectivity index (χ4n) is 2.79. The van der Waals surface area contributed by atoms with Gasteiger partial charge in [0.1, 0.15) is 17.4 Å². The number of para-hydroxylation sites is 1. The molecule has 26 heavy (non-hydrogen) atoms. The van der Waals surface area contributed by atoms with Crippen LogP contribution in [0.1, 0.15) is 10.9 Å². The van der Waals surface area contributed by atoms with E-state index in [1.807, 2.05) is 42.5 Å². The summed E-state index contributed by atoms with van der Waals surface area (Å²) in [6.45, 7) is -0.0375. The minimum absolute atomic E-state index is 0.0375. The molecule has 0 spiro atoms. The van der Waals surface area contributed by atoms with E-state index in [2.05, 4.69) is 15.7 Å². The smallest absolute Gasteiger partial charge is 0.260 e. The highest BCUT2D eigenvalue weighted by atomic mass is 35.5. The van der Waals surface area contributed by atoms with Crippen LogP contribution in [0.4, 0.5) is 0 Å². The van der Waals surface area contributed by atoms with Gasteiger partial charge in [-0.05, 0) is 18.2 Å². The van der Waals surface area contributed by atoms with Crippen molar-refractivity contribution in [3.63, 3.8) is 0 Å². The van der Waals surface area contributed by atoms with Crippen molar-refractivity contribution in [3.05, 3.63) is 59.1 Å². The number of hydrogen-bond acceptors (Lipinski definition) is 5. The Balaban J connectivity index is 1.52. The fourth-order valence-corrected chi connectivity index (χ4v) is 4.24. The first-order chi connectivity index (χ1) is 12.6. The molecule has 2 heterocycles. The number of halogens is 1. The molecule has 1 fully saturated rings. The zero-order valence-electron chi connectivity index (χ0n) is 13.5. The fraction of sp³-hybridized carbons (Fsp3) is 0.176. The number of aromatic nitrogens is 3. The zero-order chi connectivity index (χ0) is 18.1. The van der Waals surface area contributed by atoms with Crippen LogP contribution in [0.3, 0.4) is 0 Å². The van der Waals surface area contributed by atoms with Crippen molar-refractivity contribution < 1.29 is 9.59 Å². The molecule has 2 amide bonds. The van der Waals surface area contributed by atoms with E-state index in [-0.39, 0.29) is 29.5 Å². The normalized spacial score (nSPS) is 17.0. The molecule has 0 radical (unpaired) electrons. The van der Waals surface area contributed by atoms with Crippen LogP contribution in [0.15, 0.2) is 48.5 Å². The third-order valence-electron chi connectivity index (χ3n) is 4.00. The number of hydrogen-bond donors (Lipinski definition) is 1. The minimum atomic E-state index is -0.354. The molecule has 7 nitrogen and oxygen atoms in total. The summed E-state index contributed by atoms with van der Waals surface area (Å²) in [6, 6.07) is 14.7. The van der Waals surface area contributed by atoms with E-state index in [1.165, 1.54) is 21.5 Å². The van der Waals surface area contributed by atoms with Gasteiger partial charge in [0.05, 0.1) is 11.3 Å². The Hall–Kier alpha value is -2.58. The van der Waals surface area contributed by atoms with Crippen LogP contribution in [0, 0.1) is 0 Å². The number of nitrogens with zero attached hydrogens (tertiary/aromatic N) is 4. The molecule has 3 aromatic rings. The van der Waals surface area contributed by atoms with Crippen molar-refractivity contribution in [3.8, 4) is 0 Å². The average molecular weight is 388 g/mol. The highest BCUT2D eigenvalue weighted by Gasteiger charge is 2.35. The van der Waals surface area contributed by atoms with Crippen molar-refractivity contribution in [1.29, 1.82) is 0 Å². The molecule has 1 atom stereocenters. The molecule has 1 aromatic heterocycles. The van der Waals surface area contributed by atoms with Gasteiger partial charge in [0.25, 0.3) is 11.8 Å². The van der Waals surface area contributed by atoms with Crippen molar-refractivity contribution in [2.24, 2.45) is 0 Å². The van der Waals surface area contributed by atoms with Crippen LogP contribution >= 0.6 is 23.4 Å². The number of thioether (sulfide) groups is 1. The molecule has 1 aliphatic heterocycles. The predicted molar refractivity (Wildman–Crippen MR) is 99.2 cm³/mol. The van der Waals surface area contributed by atoms with Gasteiger partial charge in [0.2, 0.25) is 0 Å². The number of rotatable bonds is 4. The Morgan fingerprint density at radius 2 is 2.00 bits per heavy atom. The van der Waals surface area contributed by atoms with Crippen molar-refractivity contribution in [1.82, 2.24) is 25.4 Å². The summed E-state index contributed by atoms with van der Waals surface area (Å²) >= 11 is 7.67. The van der Waals surface area contributed by atoms with Gasteiger partial charge in [0, 0.05) is 10.6 Å². The number of amides is 2. The number of nitrogens with one attached hydrogen (secondary N) is 1. The molecule has 0 aliphatic carbocycles. The summed E-state index contributed by atoms with van der Waals surface area (Å²) in [4.78, 5) is 24.7. The lowest BCUT2D eigenvalue weighted by atomic mass is 10.2. The lowest BCUT2D eigenvalue weighted by Gasteiger charge is -2.25. The summed E-state index contributed by atoms with van der Waals surface area (Å²) in [5, 5.41) is 9.56. The summed E-state index contributed by atoms with van der Waals surface area (Å²) in [5.74, 6) is -0.243. The summed E-state index contributed by atoms with van der Waals surface area (Å²) < 4.78 is 1.50. The molecular formula is C17H14ClN5O2S. The largest absolute Gasteiger partial charge is 0.272 e. The molecule has 1 aliphatic rings. The third-order valence-corrected chi connectivity index (χ3v) is 5.54. The Morgan fingerprint density at radius 1 is 1.23 bits per heavy atom. The molecule has 0 bridgehead atoms. The lowest BCUT2D eigenvalue weighted by molar-refractivity contribution is -0.139. The second-order valence-corrected chi connectivity index (χ2v) is 7.20. The van der Waals surface area contributed by atoms with E-state index in [4.69, 9.17) is 11.6 Å². The SMILES string of the molecule is O=C(Cn1nnc2ccccc21)NN1C(=O)CSC1c1ccccc1Cl. The standard InChI is InChI=1S/C17H14ClN5O2S/c18-12-6-2-1-5-11(12)17-23(16(25)10-26-17)20-15(24)9-22-14-8-4-3-7-13(14)19-21-22/h1-8,17H,9-10H2,(H,20,24). The van der Waals surface area contributed by atoms with Crippen LogP contribution in [-0.2, 0) is 16.1 Å². The Labute approximate surface area is 158 Å². The molecule has 2 aromatic carbocycles. The molecule has 0 saturated carbocycles. The molecule has 1 unspecified atom stereocenters. The topological polar surface area (TPSA) is 80.1 Å². The quantitative estimate of drug-likeness (QED) is 0.743. The number of hydrazine groups is 1. The van der Waals surface area contributed by atoms with Crippen LogP contribution in [-0.4, -0.2) is 37.6 Å². The number of benzene rings is 2. The van der Waals surface area contributed by atoms with Crippen molar-refractivity contribution in [2.45, 2.75) is 11.9 Å². The van der Waals surface area contributed by atoms with E-state index in [0.29, 0.717) is 10.5 Å². The first-order valence-corrected chi connectivity index (χ1v) is 9.32. The molecule has 1 N–H and O–H groups in total. The molecule has 1 saturated heterocycles. The number of fused-ring (bicyclic) bond motifs is 1. The zero-order valence-corrected chi connectivity index (χ0v) is 15.1. The second-order valence-electron chi connectivity index (χ2n) is 5.72. The molecule has 132 valence electrons. The van der Waals surface area contributed by atoms with Crippen LogP contribution < -0.4 is 5.43 Å². The van der Waals surface area contributed by atoms with E-state index in [1.54, 1.807) is 6.07 Å². The van der Waals surface area contributed by atoms with E-state index in [9.17, 15) is 9.59 Å². The van der Waals surface area contributed by atoms with Gasteiger partial charge in [-0.15, -0.1) is 16.9 Å². The van der Waals surface area contributed by atoms with E-state index in [0.717, 1.165) is 11.1 Å². The Kier molecular flexibility index (Phi) is 4.52. The Morgan fingerprint density at radius 3 is 2.85 bits per heavy atom. The maximum atomic E-state index is 12.5. The van der Waals surface area contributed by atoms with Crippen LogP contribution in [0.25, 0.3) is 11.0 Å². The van der Waals surface area contributed by atoms with Gasteiger partial charge in [-0.1, -0.05) is 47.1 Å². The van der Waals surface area contributed by atoms with E-state index >= 15 is 0 Å². The highest BCUT2D eigenvalue weighted by molar-refractivity contribution is 8.00. The maximum absolute atomic E-state index is 12.5. The minimum Gasteiger partial charge on any atom is -0.272 e. The number of carbonyl (C=O) groups excluding carboxylic acids is 2. The van der Waals surface area contributed by atoms with Crippen LogP contribution in [0.2, 0.25) is 5.02 Å². The van der Waals surface area contributed by atoms with Gasteiger partial charge in [-0.2, -0.15) is 0 Å². The van der Waals surface area contributed by atoms with Gasteiger partial charge in [0.15, 0.2) is 0 Å². The van der Waals surface area contributed by atoms with Gasteiger partial charge >= 0.3 is 0 Å². The maximum Gasteiger partial charge on any atom is 0.260 e. The van der Waals surface area contributed by atoms with Gasteiger partial charge < -0.3 is 0 Å². The third kappa shape index (κ3) is 3.13. The predicted octanol–water partition coefficient (Wildman–Crippen LogP) is 2.39. The van der Waals surface area contributed by atoms with Gasteiger partial charge in [-0.25, -0.2) is 9.69 Å².